The molecular formula is C6H24F3N3O3. The van der Waals surface area contributed by atoms with Crippen LogP contribution in [-0.4, -0.2) is 54.8 Å². The van der Waals surface area contributed by atoms with Crippen molar-refractivity contribution in [1.82, 2.24) is 0 Å². The predicted octanol–water partition coefficient (Wildman–Crippen LogP) is -2.73. The van der Waals surface area contributed by atoms with E-state index >= 15 is 0 Å². The summed E-state index contributed by atoms with van der Waals surface area (Å²) in [6.07, 6.45) is 0. The molecule has 0 spiro atoms. The Morgan fingerprint density at radius 3 is 0.600 bits per heavy atom. The van der Waals surface area contributed by atoms with Crippen molar-refractivity contribution in [3.05, 3.63) is 0 Å². The Morgan fingerprint density at radius 2 is 0.600 bits per heavy atom. The van der Waals surface area contributed by atoms with E-state index in [0.29, 0.717) is 19.6 Å². The van der Waals surface area contributed by atoms with Gasteiger partial charge in [-0.2, -0.15) is 0 Å². The lowest BCUT2D eigenvalue weighted by atomic mass is 10.8. The second-order valence-electron chi connectivity index (χ2n) is 1.54. The van der Waals surface area contributed by atoms with Crippen LogP contribution >= 0.6 is 0 Å². The monoisotopic (exact) mass is 243 g/mol. The Kier molecular flexibility index (Phi) is 169. The minimum Gasteiger partial charge on any atom is -0.395 e. The Labute approximate surface area is 87.2 Å². The van der Waals surface area contributed by atoms with Crippen LogP contribution in [0.4, 0.5) is 14.1 Å². The average molecular weight is 243 g/mol. The zero-order valence-electron chi connectivity index (χ0n) is 8.54. The minimum absolute atomic E-state index is 0. The molecule has 0 saturated carbocycles. The van der Waals surface area contributed by atoms with Crippen LogP contribution in [0.3, 0.4) is 0 Å². The molecule has 0 unspecified atom stereocenters. The Bertz CT molecular complexity index is 44.3. The molecule has 0 rings (SSSR count). The second-order valence-corrected chi connectivity index (χ2v) is 1.54. The van der Waals surface area contributed by atoms with Crippen molar-refractivity contribution in [2.75, 3.05) is 39.5 Å². The number of hydrogen-bond acceptors (Lipinski definition) is 6. The van der Waals surface area contributed by atoms with E-state index in [9.17, 15) is 0 Å². The molecule has 0 fully saturated rings. The average Bonchev–Trinajstić information content (AvgIpc) is 2.18. The molecular weight excluding hydrogens is 219 g/mol. The van der Waals surface area contributed by atoms with Crippen molar-refractivity contribution >= 4 is 0 Å². The van der Waals surface area contributed by atoms with Gasteiger partial charge in [0.1, 0.15) is 0 Å². The highest BCUT2D eigenvalue weighted by Crippen LogP contribution is 1.33. The maximum atomic E-state index is 7.75. The van der Waals surface area contributed by atoms with Gasteiger partial charge in [0, 0.05) is 19.6 Å². The second kappa shape index (κ2) is 69.3. The molecule has 6 nitrogen and oxygen atoms in total. The fourth-order valence-electron chi connectivity index (χ4n) is 0. The highest BCUT2D eigenvalue weighted by Gasteiger charge is 1.57. The number of nitrogens with two attached hydrogens (primary N) is 3. The Hall–Kier alpha value is -0.450. The van der Waals surface area contributed by atoms with E-state index in [-0.39, 0.29) is 33.9 Å². The fourth-order valence-corrected chi connectivity index (χ4v) is 0. The normalized spacial score (nSPS) is 6.00. The van der Waals surface area contributed by atoms with Gasteiger partial charge in [-0.05, 0) is 0 Å². The van der Waals surface area contributed by atoms with Gasteiger partial charge in [-0.1, -0.05) is 0 Å². The van der Waals surface area contributed by atoms with E-state index in [0.717, 1.165) is 0 Å². The summed E-state index contributed by atoms with van der Waals surface area (Å²) in [5, 5.41) is 23.2. The third-order valence-electron chi connectivity index (χ3n) is 0.387. The van der Waals surface area contributed by atoms with Crippen molar-refractivity contribution in [2.24, 2.45) is 17.2 Å². The number of hydrogen-bond donors (Lipinski definition) is 6. The van der Waals surface area contributed by atoms with Gasteiger partial charge in [0.25, 0.3) is 0 Å². The summed E-state index contributed by atoms with van der Waals surface area (Å²) >= 11 is 0. The minimum atomic E-state index is 0. The summed E-state index contributed by atoms with van der Waals surface area (Å²) in [5.74, 6) is 0. The van der Waals surface area contributed by atoms with Gasteiger partial charge in [0.15, 0.2) is 0 Å². The lowest BCUT2D eigenvalue weighted by molar-refractivity contribution is 0.306. The SMILES string of the molecule is F.F.F.NCCO.NCCO.NCCO. The molecule has 0 aliphatic carbocycles. The molecule has 0 aromatic carbocycles. The lowest BCUT2D eigenvalue weighted by Crippen LogP contribution is -2.02. The standard InChI is InChI=1S/3C2H7NO.3FH/c3*3-1-2-4;;;/h3*4H,1-3H2;3*1H. The van der Waals surface area contributed by atoms with Crippen LogP contribution in [0.1, 0.15) is 0 Å². The molecule has 15 heavy (non-hydrogen) atoms. The predicted molar refractivity (Wildman–Crippen MR) is 55.9 cm³/mol. The summed E-state index contributed by atoms with van der Waals surface area (Å²) in [7, 11) is 0. The number of rotatable bonds is 3. The highest BCUT2D eigenvalue weighted by molar-refractivity contribution is 4.18. The molecule has 0 aromatic heterocycles. The zero-order chi connectivity index (χ0) is 10.2. The van der Waals surface area contributed by atoms with Crippen LogP contribution in [0, 0.1) is 0 Å². The van der Waals surface area contributed by atoms with Crippen LogP contribution in [0.5, 0.6) is 0 Å². The van der Waals surface area contributed by atoms with Crippen molar-refractivity contribution in [1.29, 1.82) is 0 Å². The quantitative estimate of drug-likeness (QED) is 0.318. The van der Waals surface area contributed by atoms with Crippen molar-refractivity contribution in [2.45, 2.75) is 0 Å². The van der Waals surface area contributed by atoms with Crippen LogP contribution in [-0.2, 0) is 0 Å². The molecule has 9 N–H and O–H groups in total. The Morgan fingerprint density at radius 1 is 0.533 bits per heavy atom. The molecule has 0 atom stereocenters. The molecule has 9 heteroatoms. The first-order valence-electron chi connectivity index (χ1n) is 3.67. The van der Waals surface area contributed by atoms with E-state index in [1.54, 1.807) is 0 Å². The first kappa shape index (κ1) is 36.5. The lowest BCUT2D eigenvalue weighted by Gasteiger charge is -1.71. The molecule has 0 aliphatic heterocycles. The van der Waals surface area contributed by atoms with Gasteiger partial charge >= 0.3 is 0 Å². The maximum absolute atomic E-state index is 7.75. The Balaban J connectivity index is -0.0000000184. The largest absolute Gasteiger partial charge is 0.395 e. The maximum Gasteiger partial charge on any atom is 0.0553 e. The van der Waals surface area contributed by atoms with E-state index in [1.807, 2.05) is 0 Å². The summed E-state index contributed by atoms with van der Waals surface area (Å²) in [6.45, 7) is 1.42. The summed E-state index contributed by atoms with van der Waals surface area (Å²) < 4.78 is 0. The van der Waals surface area contributed by atoms with E-state index in [1.165, 1.54) is 0 Å². The number of aliphatic hydroxyl groups is 3. The van der Waals surface area contributed by atoms with Crippen LogP contribution in [0.2, 0.25) is 0 Å². The first-order chi connectivity index (χ1) is 5.74. The smallest absolute Gasteiger partial charge is 0.0553 e. The van der Waals surface area contributed by atoms with E-state index in [4.69, 9.17) is 32.5 Å². The van der Waals surface area contributed by atoms with Gasteiger partial charge in [-0.25, -0.2) is 0 Å². The number of aliphatic hydroxyl groups excluding tert-OH is 3. The highest BCUT2D eigenvalue weighted by atomic mass is 19.0. The van der Waals surface area contributed by atoms with Crippen molar-refractivity contribution in [3.8, 4) is 0 Å². The van der Waals surface area contributed by atoms with Gasteiger partial charge < -0.3 is 32.5 Å². The summed E-state index contributed by atoms with van der Waals surface area (Å²) in [6, 6.07) is 0. The zero-order valence-corrected chi connectivity index (χ0v) is 8.54. The molecule has 0 aliphatic rings. The van der Waals surface area contributed by atoms with Crippen molar-refractivity contribution in [3.63, 3.8) is 0 Å². The number of halogens is 3. The summed E-state index contributed by atoms with van der Waals surface area (Å²) in [4.78, 5) is 0. The third kappa shape index (κ3) is 278. The van der Waals surface area contributed by atoms with Crippen molar-refractivity contribution < 1.29 is 29.4 Å². The molecule has 0 amide bonds. The first-order valence-corrected chi connectivity index (χ1v) is 3.67. The molecule has 0 saturated heterocycles. The van der Waals surface area contributed by atoms with E-state index in [2.05, 4.69) is 0 Å². The van der Waals surface area contributed by atoms with E-state index < -0.39 is 0 Å². The van der Waals surface area contributed by atoms with Gasteiger partial charge in [-0.15, -0.1) is 0 Å². The van der Waals surface area contributed by atoms with Gasteiger partial charge in [0.05, 0.1) is 19.8 Å². The van der Waals surface area contributed by atoms with Gasteiger partial charge in [0.2, 0.25) is 0 Å². The topological polar surface area (TPSA) is 139 Å². The molecule has 0 heterocycles. The third-order valence-corrected chi connectivity index (χ3v) is 0.387. The summed E-state index contributed by atoms with van der Waals surface area (Å²) in [5.41, 5.74) is 14.3. The van der Waals surface area contributed by atoms with Crippen LogP contribution < -0.4 is 17.2 Å². The van der Waals surface area contributed by atoms with Crippen LogP contribution in [0.25, 0.3) is 0 Å². The molecule has 0 radical (unpaired) electrons. The molecule has 0 bridgehead atoms. The molecule has 0 aromatic rings. The molecule has 102 valence electrons. The van der Waals surface area contributed by atoms with Crippen LogP contribution in [0.15, 0.2) is 0 Å². The fraction of sp³-hybridized carbons (Fsp3) is 1.00. The van der Waals surface area contributed by atoms with Gasteiger partial charge in [-0.3, -0.25) is 14.1 Å².